The van der Waals surface area contributed by atoms with Crippen LogP contribution in [0, 0.1) is 0 Å². The van der Waals surface area contributed by atoms with Gasteiger partial charge in [-0.05, 0) is 37.0 Å². The lowest BCUT2D eigenvalue weighted by Gasteiger charge is -2.46. The van der Waals surface area contributed by atoms with Crippen molar-refractivity contribution in [2.75, 3.05) is 19.1 Å². The number of phenolic OH excluding ortho intramolecular Hbond substituents is 1. The normalized spacial score (nSPS) is 24.3. The number of aromatic hydroxyl groups is 1. The average molecular weight is 451 g/mol. The first kappa shape index (κ1) is 21.5. The maximum Gasteiger partial charge on any atom is 0.233 e. The number of hydrogen-bond donors (Lipinski definition) is 2. The summed E-state index contributed by atoms with van der Waals surface area (Å²) in [4.78, 5) is 10.9. The zero-order valence-corrected chi connectivity index (χ0v) is 18.6. The van der Waals surface area contributed by atoms with E-state index < -0.39 is 6.17 Å². The van der Waals surface area contributed by atoms with Gasteiger partial charge in [-0.2, -0.15) is 5.10 Å². The molecule has 0 aliphatic carbocycles. The molecule has 9 heteroatoms. The molecule has 8 nitrogen and oxygen atoms in total. The number of halogens is 1. The number of fused-ring (bicyclic) bond motifs is 2. The van der Waals surface area contributed by atoms with Crippen LogP contribution in [0.2, 0.25) is 0 Å². The van der Waals surface area contributed by atoms with E-state index in [1.807, 2.05) is 18.0 Å². The minimum atomic E-state index is -0.939. The van der Waals surface area contributed by atoms with Crippen LogP contribution in [0.1, 0.15) is 25.7 Å². The first-order valence-corrected chi connectivity index (χ1v) is 11.2. The number of alkyl halides is 1. The smallest absolute Gasteiger partial charge is 0.233 e. The highest BCUT2D eigenvalue weighted by atomic mass is 19.1. The summed E-state index contributed by atoms with van der Waals surface area (Å²) < 4.78 is 20.2. The minimum Gasteiger partial charge on any atom is -0.507 e. The van der Waals surface area contributed by atoms with E-state index >= 15 is 4.39 Å². The quantitative estimate of drug-likeness (QED) is 0.611. The Morgan fingerprint density at radius 3 is 2.76 bits per heavy atom. The zero-order chi connectivity index (χ0) is 22.9. The Morgan fingerprint density at radius 2 is 2.00 bits per heavy atom. The molecule has 2 aliphatic rings. The van der Waals surface area contributed by atoms with Gasteiger partial charge in [-0.25, -0.2) is 9.37 Å². The number of phenols is 1. The van der Waals surface area contributed by atoms with E-state index in [-0.39, 0.29) is 17.8 Å². The Bertz CT molecular complexity index is 1130. The topological polar surface area (TPSA) is 96.3 Å². The fraction of sp³-hybridized carbons (Fsp3) is 0.417. The number of nitrogens with zero attached hydrogens (tertiary/aromatic N) is 5. The van der Waals surface area contributed by atoms with Crippen LogP contribution in [0.3, 0.4) is 0 Å². The summed E-state index contributed by atoms with van der Waals surface area (Å²) in [6.07, 6.45) is 7.74. The van der Waals surface area contributed by atoms with Crippen molar-refractivity contribution in [3.05, 3.63) is 42.9 Å². The Kier molecular flexibility index (Phi) is 5.80. The summed E-state index contributed by atoms with van der Waals surface area (Å²) in [5.74, 6) is 1.10. The number of anilines is 1. The number of methoxy groups -OCH3 is 1. The number of nitrogens with one attached hydrogen (secondary N) is 1. The monoisotopic (exact) mass is 450 g/mol. The second-order valence-electron chi connectivity index (χ2n) is 8.74. The second-order valence-corrected chi connectivity index (χ2v) is 8.74. The van der Waals surface area contributed by atoms with Crippen LogP contribution in [0.25, 0.3) is 22.4 Å². The molecule has 0 spiro atoms. The van der Waals surface area contributed by atoms with E-state index in [2.05, 4.69) is 25.5 Å². The molecule has 0 saturated carbocycles. The molecule has 4 atom stereocenters. The van der Waals surface area contributed by atoms with Gasteiger partial charge >= 0.3 is 0 Å². The molecule has 2 aliphatic heterocycles. The molecule has 0 radical (unpaired) electrons. The lowest BCUT2D eigenvalue weighted by molar-refractivity contribution is 0.107. The molecule has 2 bridgehead atoms. The van der Waals surface area contributed by atoms with Gasteiger partial charge in [0.2, 0.25) is 5.88 Å². The summed E-state index contributed by atoms with van der Waals surface area (Å²) >= 11 is 0. The molecular formula is C24H27FN6O2. The van der Waals surface area contributed by atoms with Gasteiger partial charge in [-0.1, -0.05) is 12.5 Å². The maximum absolute atomic E-state index is 15.1. The standard InChI is InChI=1S/C24H27FN6O2/c1-31(20-10-16-4-3-5-18(29-16)24(20)25)22-13-26-19(12-27-22)17-7-6-14(8-21(17)32)15-9-23(33-2)30-28-11-15/h6-9,11-13,16,18,20,24,29,32H,3-5,10H2,1-2H3/t16-,18+,20-,24+/m1/s1. The highest BCUT2D eigenvalue weighted by molar-refractivity contribution is 5.74. The lowest BCUT2D eigenvalue weighted by Crippen LogP contribution is -2.61. The molecular weight excluding hydrogens is 423 g/mol. The molecule has 3 aromatic rings. The van der Waals surface area contributed by atoms with Crippen LogP contribution in [-0.2, 0) is 0 Å². The van der Waals surface area contributed by atoms with Gasteiger partial charge < -0.3 is 20.1 Å². The second kappa shape index (κ2) is 8.90. The molecule has 5 rings (SSSR count). The van der Waals surface area contributed by atoms with Crippen LogP contribution in [0.15, 0.2) is 42.9 Å². The van der Waals surface area contributed by atoms with E-state index in [9.17, 15) is 5.11 Å². The summed E-state index contributed by atoms with van der Waals surface area (Å²) in [6, 6.07) is 7.11. The van der Waals surface area contributed by atoms with Gasteiger partial charge in [-0.15, -0.1) is 5.10 Å². The first-order chi connectivity index (χ1) is 16.0. The summed E-state index contributed by atoms with van der Waals surface area (Å²) in [5, 5.41) is 21.8. The van der Waals surface area contributed by atoms with Crippen LogP contribution in [0.4, 0.5) is 10.2 Å². The first-order valence-electron chi connectivity index (χ1n) is 11.2. The Morgan fingerprint density at radius 1 is 1.12 bits per heavy atom. The maximum atomic E-state index is 15.1. The van der Waals surface area contributed by atoms with E-state index in [0.29, 0.717) is 29.0 Å². The molecule has 2 saturated heterocycles. The number of piperidine rings is 2. The van der Waals surface area contributed by atoms with Crippen LogP contribution < -0.4 is 15.0 Å². The predicted molar refractivity (Wildman–Crippen MR) is 123 cm³/mol. The highest BCUT2D eigenvalue weighted by Crippen LogP contribution is 2.34. The summed E-state index contributed by atoms with van der Waals surface area (Å²) in [6.45, 7) is 0. The zero-order valence-electron chi connectivity index (χ0n) is 18.6. The Balaban J connectivity index is 1.35. The van der Waals surface area contributed by atoms with Crippen molar-refractivity contribution < 1.29 is 14.2 Å². The van der Waals surface area contributed by atoms with E-state index in [4.69, 9.17) is 4.74 Å². The molecule has 4 heterocycles. The largest absolute Gasteiger partial charge is 0.507 e. The molecule has 2 fully saturated rings. The van der Waals surface area contributed by atoms with E-state index in [1.165, 1.54) is 7.11 Å². The lowest BCUT2D eigenvalue weighted by atomic mass is 9.82. The van der Waals surface area contributed by atoms with Gasteiger partial charge in [0.15, 0.2) is 0 Å². The molecule has 0 unspecified atom stereocenters. The van der Waals surface area contributed by atoms with Crippen LogP contribution in [0.5, 0.6) is 11.6 Å². The molecule has 0 amide bonds. The Hall–Kier alpha value is -3.33. The number of benzene rings is 1. The third-order valence-electron chi connectivity index (χ3n) is 6.74. The third-order valence-corrected chi connectivity index (χ3v) is 6.74. The molecule has 172 valence electrons. The van der Waals surface area contributed by atoms with Crippen LogP contribution >= 0.6 is 0 Å². The van der Waals surface area contributed by atoms with Crippen molar-refractivity contribution in [1.29, 1.82) is 0 Å². The van der Waals surface area contributed by atoms with Crippen molar-refractivity contribution in [1.82, 2.24) is 25.5 Å². The number of aromatic nitrogens is 4. The van der Waals surface area contributed by atoms with Crippen molar-refractivity contribution >= 4 is 5.82 Å². The van der Waals surface area contributed by atoms with Crippen molar-refractivity contribution in [3.63, 3.8) is 0 Å². The number of rotatable bonds is 5. The van der Waals surface area contributed by atoms with Gasteiger partial charge in [0.05, 0.1) is 37.4 Å². The third kappa shape index (κ3) is 4.20. The fourth-order valence-corrected chi connectivity index (χ4v) is 4.90. The number of ether oxygens (including phenoxy) is 1. The summed E-state index contributed by atoms with van der Waals surface area (Å²) in [5.41, 5.74) is 2.66. The predicted octanol–water partition coefficient (Wildman–Crippen LogP) is 3.37. The van der Waals surface area contributed by atoms with E-state index in [1.54, 1.807) is 36.8 Å². The molecule has 2 N–H and O–H groups in total. The molecule has 1 aromatic carbocycles. The molecule has 2 aromatic heterocycles. The van der Waals surface area contributed by atoms with Crippen molar-refractivity contribution in [2.24, 2.45) is 0 Å². The van der Waals surface area contributed by atoms with Gasteiger partial charge in [0.1, 0.15) is 17.7 Å². The van der Waals surface area contributed by atoms with Gasteiger partial charge in [-0.3, -0.25) is 4.98 Å². The average Bonchev–Trinajstić information content (AvgIpc) is 2.86. The minimum absolute atomic E-state index is 0.0775. The van der Waals surface area contributed by atoms with Crippen LogP contribution in [-0.4, -0.2) is 63.7 Å². The van der Waals surface area contributed by atoms with Crippen molar-refractivity contribution in [2.45, 2.75) is 50.0 Å². The highest BCUT2D eigenvalue weighted by Gasteiger charge is 2.41. The summed E-state index contributed by atoms with van der Waals surface area (Å²) in [7, 11) is 3.41. The van der Waals surface area contributed by atoms with Gasteiger partial charge in [0.25, 0.3) is 0 Å². The van der Waals surface area contributed by atoms with E-state index in [0.717, 1.165) is 36.8 Å². The SMILES string of the molecule is COc1cc(-c2ccc(-c3cnc(N(C)[C@@H]4C[C@H]5CCC[C@H](N5)[C@@H]4F)cn3)c(O)c2)cnn1. The Labute approximate surface area is 191 Å². The number of hydrogen-bond acceptors (Lipinski definition) is 8. The van der Waals surface area contributed by atoms with Gasteiger partial charge in [0, 0.05) is 36.3 Å². The van der Waals surface area contributed by atoms with Crippen molar-refractivity contribution in [3.8, 4) is 34.0 Å². The molecule has 33 heavy (non-hydrogen) atoms. The fourth-order valence-electron chi connectivity index (χ4n) is 4.90.